The molecule has 224 valence electrons. The first-order valence-corrected chi connectivity index (χ1v) is 14.8. The number of hydrogen-bond acceptors (Lipinski definition) is 9. The molecular weight excluding hydrogens is 560 g/mol. The molecule has 11 nitrogen and oxygen atoms in total. The van der Waals surface area contributed by atoms with Gasteiger partial charge in [-0.15, -0.1) is 0 Å². The summed E-state index contributed by atoms with van der Waals surface area (Å²) in [6.45, 7) is 7.65. The van der Waals surface area contributed by atoms with E-state index in [9.17, 15) is 4.79 Å². The molecule has 0 aliphatic carbocycles. The molecule has 2 aromatic carbocycles. The van der Waals surface area contributed by atoms with Gasteiger partial charge in [-0.2, -0.15) is 0 Å². The molecule has 3 fully saturated rings. The van der Waals surface area contributed by atoms with Crippen molar-refractivity contribution < 1.29 is 23.7 Å². The minimum absolute atomic E-state index is 0.305. The van der Waals surface area contributed by atoms with Gasteiger partial charge < -0.3 is 39.8 Å². The maximum atomic E-state index is 12.2. The van der Waals surface area contributed by atoms with Crippen molar-refractivity contribution in [2.75, 3.05) is 77.0 Å². The van der Waals surface area contributed by atoms with E-state index in [2.05, 4.69) is 30.8 Å². The number of rotatable bonds is 11. The highest BCUT2D eigenvalue weighted by Crippen LogP contribution is 2.39. The van der Waals surface area contributed by atoms with Crippen molar-refractivity contribution in [3.8, 4) is 11.5 Å². The summed E-state index contributed by atoms with van der Waals surface area (Å²) in [7, 11) is 1.63. The topological polar surface area (TPSA) is 119 Å². The first-order valence-electron chi connectivity index (χ1n) is 14.5. The number of likely N-dealkylation sites (tertiary alicyclic amines) is 1. The van der Waals surface area contributed by atoms with Crippen LogP contribution < -0.4 is 25.4 Å². The van der Waals surface area contributed by atoms with Gasteiger partial charge in [-0.25, -0.2) is 14.8 Å². The number of aromatic nitrogens is 2. The number of amides is 2. The van der Waals surface area contributed by atoms with E-state index in [0.29, 0.717) is 71.4 Å². The molecule has 0 unspecified atom stereocenters. The van der Waals surface area contributed by atoms with Crippen LogP contribution in [0.3, 0.4) is 0 Å². The number of benzene rings is 2. The van der Waals surface area contributed by atoms with Gasteiger partial charge in [-0.3, -0.25) is 0 Å². The van der Waals surface area contributed by atoms with Gasteiger partial charge in [0.15, 0.2) is 11.5 Å². The summed E-state index contributed by atoms with van der Waals surface area (Å²) in [4.78, 5) is 23.6. The third-order valence-electron chi connectivity index (χ3n) is 8.27. The Labute approximate surface area is 250 Å². The number of urea groups is 1. The molecule has 4 heterocycles. The molecule has 3 saturated heterocycles. The van der Waals surface area contributed by atoms with E-state index in [1.807, 2.05) is 18.2 Å². The average Bonchev–Trinajstić information content (AvgIpc) is 2.95. The van der Waals surface area contributed by atoms with Crippen LogP contribution in [-0.2, 0) is 9.47 Å². The fourth-order valence-electron chi connectivity index (χ4n) is 5.47. The zero-order valence-corrected chi connectivity index (χ0v) is 24.5. The molecule has 1 aromatic heterocycles. The van der Waals surface area contributed by atoms with Gasteiger partial charge in [0.1, 0.15) is 12.1 Å². The van der Waals surface area contributed by atoms with E-state index in [-0.39, 0.29) is 6.03 Å². The molecule has 42 heavy (non-hydrogen) atoms. The molecule has 3 aromatic rings. The summed E-state index contributed by atoms with van der Waals surface area (Å²) in [5, 5.41) is 10.1. The Morgan fingerprint density at radius 2 is 1.95 bits per heavy atom. The van der Waals surface area contributed by atoms with Crippen LogP contribution in [0.15, 0.2) is 36.7 Å². The molecule has 0 saturated carbocycles. The molecule has 0 radical (unpaired) electrons. The highest BCUT2D eigenvalue weighted by molar-refractivity contribution is 6.34. The third kappa shape index (κ3) is 6.64. The molecular formula is C30H37ClN6O5. The number of ether oxygens (including phenoxy) is 4. The number of hydrogen-bond donors (Lipinski definition) is 3. The zero-order valence-electron chi connectivity index (χ0n) is 23.8. The molecule has 3 aliphatic rings. The van der Waals surface area contributed by atoms with Crippen molar-refractivity contribution in [1.82, 2.24) is 20.2 Å². The van der Waals surface area contributed by atoms with Crippen molar-refractivity contribution in [3.63, 3.8) is 0 Å². The molecule has 0 atom stereocenters. The second-order valence-corrected chi connectivity index (χ2v) is 11.7. The third-order valence-corrected chi connectivity index (χ3v) is 8.58. The van der Waals surface area contributed by atoms with E-state index in [0.717, 1.165) is 50.2 Å². The van der Waals surface area contributed by atoms with Gasteiger partial charge in [0.05, 0.1) is 56.4 Å². The van der Waals surface area contributed by atoms with Gasteiger partial charge in [0.25, 0.3) is 0 Å². The summed E-state index contributed by atoms with van der Waals surface area (Å²) in [5.74, 6) is 2.23. The number of nitrogens with zero attached hydrogens (tertiary/aromatic N) is 3. The SMILES string of the molecule is COc1cc2c(Nc3ccc(NC(=O)NCC4COC4)c(Cl)c3)ncnc2cc1OCCCN1CCC2(CC1)COC2. The lowest BCUT2D eigenvalue weighted by Gasteiger charge is -2.47. The Morgan fingerprint density at radius 1 is 1.12 bits per heavy atom. The maximum absolute atomic E-state index is 12.2. The predicted octanol–water partition coefficient (Wildman–Crippen LogP) is 4.68. The first kappa shape index (κ1) is 28.7. The van der Waals surface area contributed by atoms with E-state index < -0.39 is 0 Å². The van der Waals surface area contributed by atoms with Crippen LogP contribution >= 0.6 is 11.6 Å². The van der Waals surface area contributed by atoms with Crippen LogP contribution in [0.4, 0.5) is 22.0 Å². The number of nitrogens with one attached hydrogen (secondary N) is 3. The molecule has 12 heteroatoms. The Bertz CT molecular complexity index is 1410. The molecule has 0 bridgehead atoms. The van der Waals surface area contributed by atoms with E-state index in [4.69, 9.17) is 30.5 Å². The second-order valence-electron chi connectivity index (χ2n) is 11.3. The number of piperidine rings is 1. The lowest BCUT2D eigenvalue weighted by atomic mass is 9.77. The lowest BCUT2D eigenvalue weighted by Crippen LogP contribution is -2.51. The molecule has 1 spiro atoms. The van der Waals surface area contributed by atoms with Crippen LogP contribution in [0.1, 0.15) is 19.3 Å². The number of fused-ring (bicyclic) bond motifs is 1. The highest BCUT2D eigenvalue weighted by Gasteiger charge is 2.40. The summed E-state index contributed by atoms with van der Waals surface area (Å²) in [6.07, 6.45) is 4.89. The van der Waals surface area contributed by atoms with Gasteiger partial charge in [-0.1, -0.05) is 11.6 Å². The standard InChI is InChI=1S/C30H37ClN6O5/c1-39-26-12-22-25(13-27(26)42-10-2-7-37-8-5-30(6-9-37)17-41-18-30)33-19-34-28(22)35-21-3-4-24(23(31)11-21)36-29(38)32-14-20-15-40-16-20/h3-4,11-13,19-20H,2,5-10,14-18H2,1H3,(H2,32,36,38)(H,33,34,35). The van der Waals surface area contributed by atoms with Crippen molar-refractivity contribution in [2.24, 2.45) is 11.3 Å². The number of halogens is 1. The van der Waals surface area contributed by atoms with E-state index >= 15 is 0 Å². The van der Waals surface area contributed by atoms with Crippen molar-refractivity contribution in [1.29, 1.82) is 0 Å². The first-order chi connectivity index (χ1) is 20.5. The summed E-state index contributed by atoms with van der Waals surface area (Å²) in [6, 6.07) is 8.77. The Hall–Kier alpha value is -3.38. The van der Waals surface area contributed by atoms with Crippen molar-refractivity contribution in [2.45, 2.75) is 19.3 Å². The zero-order chi connectivity index (χ0) is 28.9. The normalized spacial score (nSPS) is 18.2. The van der Waals surface area contributed by atoms with Crippen LogP contribution in [0.2, 0.25) is 5.02 Å². The van der Waals surface area contributed by atoms with Crippen LogP contribution in [0.25, 0.3) is 10.9 Å². The maximum Gasteiger partial charge on any atom is 0.319 e. The molecule has 6 rings (SSSR count). The number of methoxy groups -OCH3 is 1. The molecule has 3 aliphatic heterocycles. The fraction of sp³-hybridized carbons (Fsp3) is 0.500. The Balaban J connectivity index is 1.05. The van der Waals surface area contributed by atoms with Crippen LogP contribution in [0.5, 0.6) is 11.5 Å². The van der Waals surface area contributed by atoms with Crippen LogP contribution in [-0.4, -0.2) is 87.2 Å². The fourth-order valence-corrected chi connectivity index (χ4v) is 5.70. The lowest BCUT2D eigenvalue weighted by molar-refractivity contribution is -0.139. The smallest absolute Gasteiger partial charge is 0.319 e. The summed E-state index contributed by atoms with van der Waals surface area (Å²) >= 11 is 6.48. The minimum atomic E-state index is -0.305. The van der Waals surface area contributed by atoms with Gasteiger partial charge in [0, 0.05) is 41.6 Å². The Morgan fingerprint density at radius 3 is 2.64 bits per heavy atom. The highest BCUT2D eigenvalue weighted by atomic mass is 35.5. The van der Waals surface area contributed by atoms with Gasteiger partial charge >= 0.3 is 6.03 Å². The summed E-state index contributed by atoms with van der Waals surface area (Å²) in [5.41, 5.74) is 2.41. The predicted molar refractivity (Wildman–Crippen MR) is 161 cm³/mol. The summed E-state index contributed by atoms with van der Waals surface area (Å²) < 4.78 is 22.4. The quantitative estimate of drug-likeness (QED) is 0.271. The average molecular weight is 597 g/mol. The minimum Gasteiger partial charge on any atom is -0.493 e. The van der Waals surface area contributed by atoms with Gasteiger partial charge in [-0.05, 0) is 56.6 Å². The van der Waals surface area contributed by atoms with Crippen molar-refractivity contribution >= 4 is 45.7 Å². The van der Waals surface area contributed by atoms with Crippen LogP contribution in [0, 0.1) is 11.3 Å². The number of carbonyl (C=O) groups is 1. The van der Waals surface area contributed by atoms with E-state index in [1.165, 1.54) is 19.2 Å². The molecule has 3 N–H and O–H groups in total. The molecule has 2 amide bonds. The van der Waals surface area contributed by atoms with Gasteiger partial charge in [0.2, 0.25) is 0 Å². The second kappa shape index (κ2) is 12.9. The number of carbonyl (C=O) groups excluding carboxylic acids is 1. The Kier molecular flexibility index (Phi) is 8.80. The largest absolute Gasteiger partial charge is 0.493 e. The van der Waals surface area contributed by atoms with Crippen molar-refractivity contribution in [3.05, 3.63) is 41.7 Å². The number of anilines is 3. The van der Waals surface area contributed by atoms with E-state index in [1.54, 1.807) is 19.2 Å². The monoisotopic (exact) mass is 596 g/mol.